The molecule has 1 aromatic carbocycles. The average Bonchev–Trinajstić information content (AvgIpc) is 2.93. The van der Waals surface area contributed by atoms with Gasteiger partial charge >= 0.3 is 0 Å². The highest BCUT2D eigenvalue weighted by Gasteiger charge is 2.11. The Morgan fingerprint density at radius 3 is 2.64 bits per heavy atom. The molecule has 2 aromatic heterocycles. The van der Waals surface area contributed by atoms with Gasteiger partial charge in [-0.1, -0.05) is 6.07 Å². The topological polar surface area (TPSA) is 56.1 Å². The molecule has 0 saturated carbocycles. The summed E-state index contributed by atoms with van der Waals surface area (Å²) in [6, 6.07) is 6.90. The maximum Gasteiger partial charge on any atom is 0.174 e. The van der Waals surface area contributed by atoms with Gasteiger partial charge in [0.2, 0.25) is 0 Å². The molecule has 2 heterocycles. The van der Waals surface area contributed by atoms with Gasteiger partial charge < -0.3 is 9.64 Å². The molecular formula is C18H20FN5O. The Bertz CT molecular complexity index is 893. The molecule has 0 amide bonds. The van der Waals surface area contributed by atoms with Crippen molar-refractivity contribution in [1.82, 2.24) is 19.7 Å². The number of halogens is 1. The van der Waals surface area contributed by atoms with E-state index in [9.17, 15) is 4.39 Å². The first-order valence-electron chi connectivity index (χ1n) is 7.87. The van der Waals surface area contributed by atoms with Crippen LogP contribution in [-0.4, -0.2) is 33.9 Å². The van der Waals surface area contributed by atoms with Crippen molar-refractivity contribution in [2.45, 2.75) is 20.4 Å². The largest absolute Gasteiger partial charge is 0.494 e. The Hall–Kier alpha value is -2.96. The van der Waals surface area contributed by atoms with Crippen molar-refractivity contribution in [3.8, 4) is 11.6 Å². The predicted molar refractivity (Wildman–Crippen MR) is 93.7 cm³/mol. The first-order chi connectivity index (χ1) is 12.0. The van der Waals surface area contributed by atoms with E-state index in [-0.39, 0.29) is 11.6 Å². The van der Waals surface area contributed by atoms with Crippen LogP contribution in [0, 0.1) is 19.7 Å². The molecule has 6 nitrogen and oxygen atoms in total. The van der Waals surface area contributed by atoms with Crippen LogP contribution in [0.15, 0.2) is 36.7 Å². The molecule has 0 saturated heterocycles. The summed E-state index contributed by atoms with van der Waals surface area (Å²) in [6.07, 6.45) is 3.35. The van der Waals surface area contributed by atoms with Crippen LogP contribution in [0.1, 0.15) is 17.0 Å². The minimum absolute atomic E-state index is 0.234. The fourth-order valence-electron chi connectivity index (χ4n) is 2.66. The summed E-state index contributed by atoms with van der Waals surface area (Å²) in [5.74, 6) is 1.19. The van der Waals surface area contributed by atoms with Crippen LogP contribution in [0.4, 0.5) is 10.2 Å². The SMILES string of the molecule is COc1ccc(CN(C)c2cncc(-n3nc(C)cc3C)n2)cc1F. The van der Waals surface area contributed by atoms with Crippen molar-refractivity contribution in [3.05, 3.63) is 59.4 Å². The van der Waals surface area contributed by atoms with Crippen LogP contribution in [0.25, 0.3) is 5.82 Å². The monoisotopic (exact) mass is 341 g/mol. The molecule has 0 unspecified atom stereocenters. The van der Waals surface area contributed by atoms with Crippen LogP contribution in [-0.2, 0) is 6.54 Å². The van der Waals surface area contributed by atoms with Crippen molar-refractivity contribution in [2.75, 3.05) is 19.1 Å². The van der Waals surface area contributed by atoms with Crippen molar-refractivity contribution >= 4 is 5.82 Å². The zero-order chi connectivity index (χ0) is 18.0. The summed E-state index contributed by atoms with van der Waals surface area (Å²) >= 11 is 0. The molecule has 130 valence electrons. The van der Waals surface area contributed by atoms with Gasteiger partial charge in [0.15, 0.2) is 17.4 Å². The van der Waals surface area contributed by atoms with Gasteiger partial charge in [-0.25, -0.2) is 14.1 Å². The molecule has 7 heteroatoms. The number of hydrogen-bond acceptors (Lipinski definition) is 5. The molecule has 0 aliphatic carbocycles. The van der Waals surface area contributed by atoms with Gasteiger partial charge in [0.25, 0.3) is 0 Å². The van der Waals surface area contributed by atoms with Gasteiger partial charge in [0.1, 0.15) is 5.82 Å². The maximum absolute atomic E-state index is 13.9. The smallest absolute Gasteiger partial charge is 0.174 e. The number of aryl methyl sites for hydroxylation is 2. The molecule has 0 N–H and O–H groups in total. The van der Waals surface area contributed by atoms with E-state index in [4.69, 9.17) is 4.74 Å². The second-order valence-corrected chi connectivity index (χ2v) is 5.90. The highest BCUT2D eigenvalue weighted by molar-refractivity contribution is 5.41. The summed E-state index contributed by atoms with van der Waals surface area (Å²) in [4.78, 5) is 10.8. The minimum atomic E-state index is -0.379. The third-order valence-electron chi connectivity index (χ3n) is 3.86. The zero-order valence-corrected chi connectivity index (χ0v) is 14.7. The first kappa shape index (κ1) is 16.9. The normalized spacial score (nSPS) is 10.8. The highest BCUT2D eigenvalue weighted by atomic mass is 19.1. The third-order valence-corrected chi connectivity index (χ3v) is 3.86. The van der Waals surface area contributed by atoms with Gasteiger partial charge in [-0.2, -0.15) is 5.10 Å². The van der Waals surface area contributed by atoms with E-state index >= 15 is 0 Å². The number of anilines is 1. The number of benzene rings is 1. The molecule has 0 fully saturated rings. The average molecular weight is 341 g/mol. The molecule has 0 bridgehead atoms. The maximum atomic E-state index is 13.9. The van der Waals surface area contributed by atoms with E-state index in [0.29, 0.717) is 18.2 Å². The zero-order valence-electron chi connectivity index (χ0n) is 14.7. The second kappa shape index (κ2) is 6.88. The standard InChI is InChI=1S/C18H20FN5O/c1-12-7-13(2)24(22-12)18-10-20-9-17(21-18)23(3)11-14-5-6-16(25-4)15(19)8-14/h5-10H,11H2,1-4H3. The van der Waals surface area contributed by atoms with E-state index in [1.54, 1.807) is 23.1 Å². The lowest BCUT2D eigenvalue weighted by Crippen LogP contribution is -2.19. The quantitative estimate of drug-likeness (QED) is 0.714. The van der Waals surface area contributed by atoms with Crippen LogP contribution in [0.5, 0.6) is 5.75 Å². The fraction of sp³-hybridized carbons (Fsp3) is 0.278. The highest BCUT2D eigenvalue weighted by Crippen LogP contribution is 2.20. The number of aromatic nitrogens is 4. The lowest BCUT2D eigenvalue weighted by atomic mass is 10.2. The molecule has 25 heavy (non-hydrogen) atoms. The van der Waals surface area contributed by atoms with Crippen LogP contribution < -0.4 is 9.64 Å². The minimum Gasteiger partial charge on any atom is -0.494 e. The number of ether oxygens (including phenoxy) is 1. The van der Waals surface area contributed by atoms with Crippen molar-refractivity contribution < 1.29 is 9.13 Å². The van der Waals surface area contributed by atoms with E-state index in [0.717, 1.165) is 17.0 Å². The van der Waals surface area contributed by atoms with Gasteiger partial charge in [0, 0.05) is 19.3 Å². The Labute approximate surface area is 145 Å². The number of nitrogens with zero attached hydrogens (tertiary/aromatic N) is 5. The van der Waals surface area contributed by atoms with Gasteiger partial charge in [0.05, 0.1) is 25.2 Å². The lowest BCUT2D eigenvalue weighted by Gasteiger charge is -2.19. The molecule has 0 radical (unpaired) electrons. The summed E-state index contributed by atoms with van der Waals surface area (Å²) < 4.78 is 20.6. The Kier molecular flexibility index (Phi) is 4.65. The Morgan fingerprint density at radius 1 is 1.20 bits per heavy atom. The van der Waals surface area contributed by atoms with Crippen LogP contribution in [0.3, 0.4) is 0 Å². The van der Waals surface area contributed by atoms with Gasteiger partial charge in [-0.05, 0) is 37.6 Å². The molecule has 3 aromatic rings. The lowest BCUT2D eigenvalue weighted by molar-refractivity contribution is 0.386. The van der Waals surface area contributed by atoms with E-state index in [1.165, 1.54) is 13.2 Å². The first-order valence-corrected chi connectivity index (χ1v) is 7.87. The molecule has 3 rings (SSSR count). The Morgan fingerprint density at radius 2 is 2.00 bits per heavy atom. The second-order valence-electron chi connectivity index (χ2n) is 5.90. The Balaban J connectivity index is 1.83. The summed E-state index contributed by atoms with van der Waals surface area (Å²) in [6.45, 7) is 4.40. The summed E-state index contributed by atoms with van der Waals surface area (Å²) in [5.41, 5.74) is 2.73. The molecule has 0 aliphatic heterocycles. The number of hydrogen-bond donors (Lipinski definition) is 0. The van der Waals surface area contributed by atoms with E-state index in [1.807, 2.05) is 37.9 Å². The molecular weight excluding hydrogens is 321 g/mol. The molecule has 0 aliphatic rings. The molecule has 0 atom stereocenters. The molecule has 0 spiro atoms. The van der Waals surface area contributed by atoms with Crippen molar-refractivity contribution in [2.24, 2.45) is 0 Å². The summed E-state index contributed by atoms with van der Waals surface area (Å²) in [7, 11) is 3.33. The number of rotatable bonds is 5. The van der Waals surface area contributed by atoms with Crippen LogP contribution in [0.2, 0.25) is 0 Å². The van der Waals surface area contributed by atoms with E-state index < -0.39 is 0 Å². The third kappa shape index (κ3) is 3.60. The fourth-order valence-corrected chi connectivity index (χ4v) is 2.66. The van der Waals surface area contributed by atoms with Crippen molar-refractivity contribution in [3.63, 3.8) is 0 Å². The predicted octanol–water partition coefficient (Wildman–Crippen LogP) is 3.06. The van der Waals surface area contributed by atoms with E-state index in [2.05, 4.69) is 15.1 Å². The van der Waals surface area contributed by atoms with Gasteiger partial charge in [-0.15, -0.1) is 0 Å². The van der Waals surface area contributed by atoms with Crippen molar-refractivity contribution in [1.29, 1.82) is 0 Å². The van der Waals surface area contributed by atoms with Gasteiger partial charge in [-0.3, -0.25) is 4.98 Å². The van der Waals surface area contributed by atoms with Crippen LogP contribution >= 0.6 is 0 Å². The number of methoxy groups -OCH3 is 1. The summed E-state index contributed by atoms with van der Waals surface area (Å²) in [5, 5.41) is 4.43.